The minimum Gasteiger partial charge on any atom is -0.352 e. The van der Waals surface area contributed by atoms with Gasteiger partial charge in [-0.2, -0.15) is 0 Å². The van der Waals surface area contributed by atoms with Crippen molar-refractivity contribution in [2.45, 2.75) is 64.1 Å². The van der Waals surface area contributed by atoms with Gasteiger partial charge in [0.05, 0.1) is 10.6 Å². The SMILES string of the molecule is CCC(C)NC(=O)C(CC)N(Cc1cccc(C)c1)C(=O)CN(c1cccc(Cl)c1)S(=O)(=O)c1ccccc1. The summed E-state index contributed by atoms with van der Waals surface area (Å²) >= 11 is 6.21. The van der Waals surface area contributed by atoms with Crippen LogP contribution in [0.1, 0.15) is 44.7 Å². The zero-order valence-electron chi connectivity index (χ0n) is 22.8. The molecule has 2 atom stereocenters. The topological polar surface area (TPSA) is 86.8 Å². The van der Waals surface area contributed by atoms with Gasteiger partial charge in [-0.25, -0.2) is 8.42 Å². The summed E-state index contributed by atoms with van der Waals surface area (Å²) in [5, 5.41) is 3.32. The molecule has 0 aliphatic heterocycles. The van der Waals surface area contributed by atoms with Crippen molar-refractivity contribution in [3.8, 4) is 0 Å². The van der Waals surface area contributed by atoms with Crippen LogP contribution in [0.15, 0.2) is 83.8 Å². The van der Waals surface area contributed by atoms with E-state index in [0.29, 0.717) is 11.4 Å². The third-order valence-electron chi connectivity index (χ3n) is 6.53. The van der Waals surface area contributed by atoms with Crippen LogP contribution in [0.25, 0.3) is 0 Å². The van der Waals surface area contributed by atoms with E-state index in [0.717, 1.165) is 21.9 Å². The maximum absolute atomic E-state index is 14.0. The molecule has 0 fully saturated rings. The quantitative estimate of drug-likeness (QED) is 0.309. The zero-order valence-corrected chi connectivity index (χ0v) is 24.4. The highest BCUT2D eigenvalue weighted by Gasteiger charge is 2.34. The average molecular weight is 570 g/mol. The molecule has 0 saturated carbocycles. The molecular formula is C30H36ClN3O4S. The molecule has 0 saturated heterocycles. The first-order valence-corrected chi connectivity index (χ1v) is 14.9. The summed E-state index contributed by atoms with van der Waals surface area (Å²) in [6.45, 7) is 7.32. The van der Waals surface area contributed by atoms with E-state index in [9.17, 15) is 18.0 Å². The molecule has 7 nitrogen and oxygen atoms in total. The Balaban J connectivity index is 2.05. The Morgan fingerprint density at radius 2 is 1.62 bits per heavy atom. The molecule has 2 unspecified atom stereocenters. The zero-order chi connectivity index (χ0) is 28.6. The van der Waals surface area contributed by atoms with Crippen LogP contribution in [-0.2, 0) is 26.2 Å². The van der Waals surface area contributed by atoms with Crippen LogP contribution in [0.3, 0.4) is 0 Å². The van der Waals surface area contributed by atoms with Crippen molar-refractivity contribution in [2.24, 2.45) is 0 Å². The van der Waals surface area contributed by atoms with Crippen LogP contribution in [0.4, 0.5) is 5.69 Å². The summed E-state index contributed by atoms with van der Waals surface area (Å²) in [6, 6.07) is 21.2. The molecule has 208 valence electrons. The predicted molar refractivity (Wildman–Crippen MR) is 156 cm³/mol. The molecule has 3 rings (SSSR count). The Morgan fingerprint density at radius 3 is 2.23 bits per heavy atom. The second-order valence-corrected chi connectivity index (χ2v) is 11.9. The number of aryl methyl sites for hydroxylation is 1. The van der Waals surface area contributed by atoms with E-state index >= 15 is 0 Å². The van der Waals surface area contributed by atoms with Gasteiger partial charge >= 0.3 is 0 Å². The highest BCUT2D eigenvalue weighted by molar-refractivity contribution is 7.92. The molecular weight excluding hydrogens is 534 g/mol. The lowest BCUT2D eigenvalue weighted by Crippen LogP contribution is -2.53. The van der Waals surface area contributed by atoms with Gasteiger partial charge in [0.2, 0.25) is 11.8 Å². The van der Waals surface area contributed by atoms with E-state index in [1.807, 2.05) is 52.0 Å². The number of rotatable bonds is 12. The molecule has 0 heterocycles. The lowest BCUT2D eigenvalue weighted by atomic mass is 10.1. The molecule has 9 heteroatoms. The lowest BCUT2D eigenvalue weighted by Gasteiger charge is -2.33. The summed E-state index contributed by atoms with van der Waals surface area (Å²) in [5.74, 6) is -0.768. The second kappa shape index (κ2) is 13.6. The van der Waals surface area contributed by atoms with E-state index in [1.54, 1.807) is 36.4 Å². The number of nitrogens with zero attached hydrogens (tertiary/aromatic N) is 2. The van der Waals surface area contributed by atoms with Gasteiger partial charge < -0.3 is 10.2 Å². The average Bonchev–Trinajstić information content (AvgIpc) is 2.91. The van der Waals surface area contributed by atoms with E-state index < -0.39 is 28.5 Å². The summed E-state index contributed by atoms with van der Waals surface area (Å²) in [7, 11) is -4.13. The fourth-order valence-corrected chi connectivity index (χ4v) is 5.86. The number of carbonyl (C=O) groups excluding carboxylic acids is 2. The van der Waals surface area contributed by atoms with Crippen molar-refractivity contribution >= 4 is 39.1 Å². The van der Waals surface area contributed by atoms with E-state index in [1.165, 1.54) is 23.1 Å². The predicted octanol–water partition coefficient (Wildman–Crippen LogP) is 5.57. The number of halogens is 1. The third-order valence-corrected chi connectivity index (χ3v) is 8.55. The van der Waals surface area contributed by atoms with Gasteiger partial charge in [-0.15, -0.1) is 0 Å². The first kappa shape index (κ1) is 30.2. The Labute approximate surface area is 236 Å². The molecule has 3 aromatic carbocycles. The maximum Gasteiger partial charge on any atom is 0.264 e. The molecule has 0 bridgehead atoms. The highest BCUT2D eigenvalue weighted by atomic mass is 35.5. The van der Waals surface area contributed by atoms with Gasteiger partial charge in [0.15, 0.2) is 0 Å². The van der Waals surface area contributed by atoms with Crippen LogP contribution < -0.4 is 9.62 Å². The highest BCUT2D eigenvalue weighted by Crippen LogP contribution is 2.27. The van der Waals surface area contributed by atoms with Crippen LogP contribution in [0, 0.1) is 6.92 Å². The van der Waals surface area contributed by atoms with E-state index in [-0.39, 0.29) is 29.1 Å². The van der Waals surface area contributed by atoms with Crippen molar-refractivity contribution in [3.63, 3.8) is 0 Å². The smallest absolute Gasteiger partial charge is 0.264 e. The number of hydrogen-bond donors (Lipinski definition) is 1. The number of amides is 2. The molecule has 0 spiro atoms. The van der Waals surface area contributed by atoms with Crippen molar-refractivity contribution in [2.75, 3.05) is 10.8 Å². The summed E-state index contributed by atoms with van der Waals surface area (Å²) < 4.78 is 28.6. The normalized spacial score (nSPS) is 12.8. The van der Waals surface area contributed by atoms with E-state index in [4.69, 9.17) is 11.6 Å². The molecule has 39 heavy (non-hydrogen) atoms. The Bertz CT molecular complexity index is 1380. The Hall–Kier alpha value is -3.36. The van der Waals surface area contributed by atoms with Gasteiger partial charge in [0, 0.05) is 17.6 Å². The van der Waals surface area contributed by atoms with Gasteiger partial charge in [-0.1, -0.05) is 79.5 Å². The fraction of sp³-hybridized carbons (Fsp3) is 0.333. The number of carbonyl (C=O) groups is 2. The molecule has 2 amide bonds. The van der Waals surface area contributed by atoms with Gasteiger partial charge in [0.1, 0.15) is 12.6 Å². The van der Waals surface area contributed by atoms with Gasteiger partial charge in [0.25, 0.3) is 10.0 Å². The number of hydrogen-bond acceptors (Lipinski definition) is 4. The standard InChI is InChI=1S/C30H36ClN3O4S/c1-5-23(4)32-30(36)28(6-2)33(20-24-13-10-12-22(3)18-24)29(35)21-34(26-15-11-14-25(31)19-26)39(37,38)27-16-8-7-9-17-27/h7-19,23,28H,5-6,20-21H2,1-4H3,(H,32,36). The number of benzene rings is 3. The van der Waals surface area contributed by atoms with E-state index in [2.05, 4.69) is 5.32 Å². The third kappa shape index (κ3) is 7.83. The molecule has 1 N–H and O–H groups in total. The molecule has 0 aromatic heterocycles. The summed E-state index contributed by atoms with van der Waals surface area (Å²) in [6.07, 6.45) is 1.11. The van der Waals surface area contributed by atoms with Crippen LogP contribution in [-0.4, -0.2) is 43.8 Å². The molecule has 3 aromatic rings. The van der Waals surface area contributed by atoms with Gasteiger partial charge in [-0.3, -0.25) is 13.9 Å². The van der Waals surface area contributed by atoms with Gasteiger partial charge in [-0.05, 0) is 62.6 Å². The van der Waals surface area contributed by atoms with Crippen molar-refractivity contribution in [1.29, 1.82) is 0 Å². The molecule has 0 aliphatic rings. The minimum absolute atomic E-state index is 0.0459. The monoisotopic (exact) mass is 569 g/mol. The Morgan fingerprint density at radius 1 is 0.923 bits per heavy atom. The fourth-order valence-electron chi connectivity index (χ4n) is 4.25. The van der Waals surface area contributed by atoms with Crippen molar-refractivity contribution in [3.05, 3.63) is 95.0 Å². The number of nitrogens with one attached hydrogen (secondary N) is 1. The molecule has 0 radical (unpaired) electrons. The van der Waals surface area contributed by atoms with Crippen molar-refractivity contribution in [1.82, 2.24) is 10.2 Å². The molecule has 0 aliphatic carbocycles. The first-order chi connectivity index (χ1) is 18.6. The minimum atomic E-state index is -4.13. The summed E-state index contributed by atoms with van der Waals surface area (Å²) in [4.78, 5) is 28.9. The van der Waals surface area contributed by atoms with Crippen LogP contribution >= 0.6 is 11.6 Å². The lowest BCUT2D eigenvalue weighted by molar-refractivity contribution is -0.140. The maximum atomic E-state index is 14.0. The van der Waals surface area contributed by atoms with Crippen LogP contribution in [0.5, 0.6) is 0 Å². The van der Waals surface area contributed by atoms with Crippen molar-refractivity contribution < 1.29 is 18.0 Å². The second-order valence-electron chi connectivity index (χ2n) is 9.56. The largest absolute Gasteiger partial charge is 0.352 e. The number of sulfonamides is 1. The van der Waals surface area contributed by atoms with Crippen LogP contribution in [0.2, 0.25) is 5.02 Å². The first-order valence-electron chi connectivity index (χ1n) is 13.1. The summed E-state index contributed by atoms with van der Waals surface area (Å²) in [5.41, 5.74) is 2.12. The Kier molecular flexibility index (Phi) is 10.5. The number of anilines is 1.